The monoisotopic (exact) mass is 493 g/mol. The molecule has 0 aliphatic rings. The normalized spacial score (nSPS) is 12.3. The van der Waals surface area contributed by atoms with Crippen LogP contribution in [-0.4, -0.2) is 71.5 Å². The molecule has 1 aromatic rings. The van der Waals surface area contributed by atoms with Crippen molar-refractivity contribution in [3.63, 3.8) is 0 Å². The number of hydrogen-bond donors (Lipinski definition) is 7. The topological polar surface area (TPSA) is 186 Å². The van der Waals surface area contributed by atoms with Crippen LogP contribution in [0.2, 0.25) is 0 Å². The summed E-state index contributed by atoms with van der Waals surface area (Å²) in [7, 11) is 0. The van der Waals surface area contributed by atoms with E-state index in [4.69, 9.17) is 10.2 Å². The molecule has 0 saturated carbocycles. The molecule has 0 aromatic heterocycles. The van der Waals surface area contributed by atoms with Gasteiger partial charge >= 0.3 is 0 Å². The first-order valence-corrected chi connectivity index (χ1v) is 11.3. The summed E-state index contributed by atoms with van der Waals surface area (Å²) in [5.74, 6) is -2.91. The van der Waals surface area contributed by atoms with Crippen LogP contribution in [0.4, 0.5) is 5.69 Å². The molecular weight excluding hydrogens is 458 g/mol. The van der Waals surface area contributed by atoms with Crippen LogP contribution in [0.15, 0.2) is 24.3 Å². The van der Waals surface area contributed by atoms with Gasteiger partial charge in [-0.25, -0.2) is 0 Å². The lowest BCUT2D eigenvalue weighted by molar-refractivity contribution is -0.132. The van der Waals surface area contributed by atoms with E-state index in [-0.39, 0.29) is 38.5 Å². The van der Waals surface area contributed by atoms with Gasteiger partial charge in [0, 0.05) is 18.7 Å². The van der Waals surface area contributed by atoms with Crippen molar-refractivity contribution in [1.29, 1.82) is 0 Å². The average molecular weight is 494 g/mol. The highest BCUT2D eigenvalue weighted by Gasteiger charge is 2.27. The Kier molecular flexibility index (Phi) is 13.0. The summed E-state index contributed by atoms with van der Waals surface area (Å²) >= 11 is 0. The molecule has 0 fully saturated rings. The molecule has 1 rings (SSSR count). The SMILES string of the molecule is CC(C)[C@H](NC(=O)CNC(=O)CNC(=O)CCCO)C(=O)N[C@@H](C)C(=O)Nc1ccc(CO)cc1. The Morgan fingerprint density at radius 2 is 1.40 bits per heavy atom. The van der Waals surface area contributed by atoms with E-state index in [1.54, 1.807) is 38.1 Å². The summed E-state index contributed by atoms with van der Waals surface area (Å²) in [6, 6.07) is 4.73. The van der Waals surface area contributed by atoms with Crippen LogP contribution in [0.5, 0.6) is 0 Å². The van der Waals surface area contributed by atoms with Crippen LogP contribution < -0.4 is 26.6 Å². The molecule has 0 heterocycles. The van der Waals surface area contributed by atoms with Gasteiger partial charge in [0.1, 0.15) is 12.1 Å². The minimum atomic E-state index is -0.948. The van der Waals surface area contributed by atoms with E-state index < -0.39 is 48.2 Å². The maximum atomic E-state index is 12.7. The number of anilines is 1. The van der Waals surface area contributed by atoms with Gasteiger partial charge in [0.05, 0.1) is 19.7 Å². The first-order valence-electron chi connectivity index (χ1n) is 11.3. The van der Waals surface area contributed by atoms with Gasteiger partial charge in [-0.05, 0) is 37.0 Å². The summed E-state index contributed by atoms with van der Waals surface area (Å²) in [6.45, 7) is 3.98. The summed E-state index contributed by atoms with van der Waals surface area (Å²) in [4.78, 5) is 60.6. The first-order chi connectivity index (χ1) is 16.6. The third kappa shape index (κ3) is 11.5. The Labute approximate surface area is 204 Å². The largest absolute Gasteiger partial charge is 0.396 e. The zero-order valence-corrected chi connectivity index (χ0v) is 20.2. The fraction of sp³-hybridized carbons (Fsp3) is 0.522. The number of carbonyl (C=O) groups excluding carboxylic acids is 5. The lowest BCUT2D eigenvalue weighted by Crippen LogP contribution is -2.55. The van der Waals surface area contributed by atoms with Crippen LogP contribution in [-0.2, 0) is 30.6 Å². The number of aliphatic hydroxyl groups is 2. The van der Waals surface area contributed by atoms with Crippen molar-refractivity contribution in [3.8, 4) is 0 Å². The third-order valence-corrected chi connectivity index (χ3v) is 4.88. The van der Waals surface area contributed by atoms with E-state index in [9.17, 15) is 24.0 Å². The highest BCUT2D eigenvalue weighted by atomic mass is 16.3. The fourth-order valence-electron chi connectivity index (χ4n) is 2.82. The van der Waals surface area contributed by atoms with Gasteiger partial charge in [-0.15, -0.1) is 0 Å². The van der Waals surface area contributed by atoms with Crippen molar-refractivity contribution < 1.29 is 34.2 Å². The van der Waals surface area contributed by atoms with Gasteiger partial charge in [-0.2, -0.15) is 0 Å². The highest BCUT2D eigenvalue weighted by Crippen LogP contribution is 2.10. The van der Waals surface area contributed by atoms with Crippen LogP contribution in [0.25, 0.3) is 0 Å². The maximum Gasteiger partial charge on any atom is 0.246 e. The maximum absolute atomic E-state index is 12.7. The molecule has 12 heteroatoms. The van der Waals surface area contributed by atoms with Gasteiger partial charge in [0.25, 0.3) is 0 Å². The van der Waals surface area contributed by atoms with Gasteiger partial charge < -0.3 is 36.8 Å². The molecule has 7 N–H and O–H groups in total. The molecule has 0 aliphatic heterocycles. The van der Waals surface area contributed by atoms with Crippen LogP contribution >= 0.6 is 0 Å². The lowest BCUT2D eigenvalue weighted by Gasteiger charge is -2.24. The number of hydrogen-bond acceptors (Lipinski definition) is 7. The van der Waals surface area contributed by atoms with E-state index in [0.29, 0.717) is 11.3 Å². The Balaban J connectivity index is 2.51. The van der Waals surface area contributed by atoms with Gasteiger partial charge in [0.2, 0.25) is 29.5 Å². The quantitative estimate of drug-likeness (QED) is 0.169. The highest BCUT2D eigenvalue weighted by molar-refractivity contribution is 5.98. The third-order valence-electron chi connectivity index (χ3n) is 4.88. The summed E-state index contributed by atoms with van der Waals surface area (Å²) in [6.07, 6.45) is 0.369. The molecule has 0 aliphatic carbocycles. The standard InChI is InChI=1S/C23H35N5O7/c1-14(2)21(28-20(33)12-25-19(32)11-24-18(31)5-4-10-29)23(35)26-15(3)22(34)27-17-8-6-16(13-30)7-9-17/h6-9,14-15,21,29-30H,4-5,10-13H2,1-3H3,(H,24,31)(H,25,32)(H,26,35)(H,27,34)(H,28,33)/t15-,21-/m0/s1. The number of amides is 5. The number of nitrogens with one attached hydrogen (secondary N) is 5. The number of benzene rings is 1. The molecule has 0 saturated heterocycles. The van der Waals surface area contributed by atoms with Crippen LogP contribution in [0.1, 0.15) is 39.2 Å². The molecule has 0 spiro atoms. The molecule has 35 heavy (non-hydrogen) atoms. The molecule has 5 amide bonds. The van der Waals surface area contributed by atoms with Gasteiger partial charge in [0.15, 0.2) is 0 Å². The Bertz CT molecular complexity index is 874. The van der Waals surface area contributed by atoms with Crippen molar-refractivity contribution >= 4 is 35.2 Å². The molecule has 1 aromatic carbocycles. The minimum absolute atomic E-state index is 0.0852. The number of rotatable bonds is 14. The van der Waals surface area contributed by atoms with Crippen molar-refractivity contribution in [2.75, 3.05) is 25.0 Å². The molecule has 0 bridgehead atoms. The molecule has 0 radical (unpaired) electrons. The zero-order valence-electron chi connectivity index (χ0n) is 20.2. The predicted octanol–water partition coefficient (Wildman–Crippen LogP) is -1.23. The van der Waals surface area contributed by atoms with E-state index in [1.807, 2.05) is 0 Å². The molecule has 12 nitrogen and oxygen atoms in total. The lowest BCUT2D eigenvalue weighted by atomic mass is 10.0. The van der Waals surface area contributed by atoms with E-state index >= 15 is 0 Å². The van der Waals surface area contributed by atoms with E-state index in [2.05, 4.69) is 26.6 Å². The average Bonchev–Trinajstić information content (AvgIpc) is 2.83. The van der Waals surface area contributed by atoms with Crippen LogP contribution in [0, 0.1) is 5.92 Å². The second kappa shape index (κ2) is 15.4. The van der Waals surface area contributed by atoms with E-state index in [0.717, 1.165) is 0 Å². The molecule has 194 valence electrons. The van der Waals surface area contributed by atoms with Gasteiger partial charge in [-0.3, -0.25) is 24.0 Å². The second-order valence-corrected chi connectivity index (χ2v) is 8.24. The summed E-state index contributed by atoms with van der Waals surface area (Å²) < 4.78 is 0. The van der Waals surface area contributed by atoms with Crippen molar-refractivity contribution in [3.05, 3.63) is 29.8 Å². The first kappa shape index (κ1) is 29.5. The molecule has 0 unspecified atom stereocenters. The van der Waals surface area contributed by atoms with Gasteiger partial charge in [-0.1, -0.05) is 26.0 Å². The molecule has 2 atom stereocenters. The Hall–Kier alpha value is -3.51. The minimum Gasteiger partial charge on any atom is -0.396 e. The molecular formula is C23H35N5O7. The fourth-order valence-corrected chi connectivity index (χ4v) is 2.82. The number of aliphatic hydroxyl groups excluding tert-OH is 2. The Morgan fingerprint density at radius 3 is 1.97 bits per heavy atom. The van der Waals surface area contributed by atoms with E-state index in [1.165, 1.54) is 6.92 Å². The summed E-state index contributed by atoms with van der Waals surface area (Å²) in [5, 5.41) is 30.2. The zero-order chi connectivity index (χ0) is 26.4. The smallest absolute Gasteiger partial charge is 0.246 e. The van der Waals surface area contributed by atoms with Crippen molar-refractivity contribution in [2.24, 2.45) is 5.92 Å². The van der Waals surface area contributed by atoms with Crippen molar-refractivity contribution in [2.45, 2.75) is 52.3 Å². The second-order valence-electron chi connectivity index (χ2n) is 8.24. The number of carbonyl (C=O) groups is 5. The predicted molar refractivity (Wildman–Crippen MR) is 128 cm³/mol. The van der Waals surface area contributed by atoms with Crippen LogP contribution in [0.3, 0.4) is 0 Å². The van der Waals surface area contributed by atoms with Crippen molar-refractivity contribution in [1.82, 2.24) is 21.3 Å². The Morgan fingerprint density at radius 1 is 0.800 bits per heavy atom. The summed E-state index contributed by atoms with van der Waals surface area (Å²) in [5.41, 5.74) is 1.20.